The van der Waals surface area contributed by atoms with Gasteiger partial charge in [-0.25, -0.2) is 0 Å². The van der Waals surface area contributed by atoms with E-state index in [1.54, 1.807) is 0 Å². The number of furan rings is 1. The molecule has 0 radical (unpaired) electrons. The fourth-order valence-corrected chi connectivity index (χ4v) is 2.15. The van der Waals surface area contributed by atoms with Gasteiger partial charge >= 0.3 is 0 Å². The van der Waals surface area contributed by atoms with E-state index in [1.165, 1.54) is 0 Å². The van der Waals surface area contributed by atoms with Gasteiger partial charge in [0.25, 0.3) is 0 Å². The molecule has 1 aromatic heterocycles. The fourth-order valence-electron chi connectivity index (χ4n) is 2.15. The molecule has 0 aliphatic heterocycles. The van der Waals surface area contributed by atoms with Gasteiger partial charge in [-0.15, -0.1) is 0 Å². The van der Waals surface area contributed by atoms with Gasteiger partial charge in [0.2, 0.25) is 5.91 Å². The van der Waals surface area contributed by atoms with E-state index in [0.717, 1.165) is 23.2 Å². The largest absolute Gasteiger partial charge is 0.459 e. The Morgan fingerprint density at radius 3 is 2.74 bits per heavy atom. The Kier molecular flexibility index (Phi) is 4.22. The summed E-state index contributed by atoms with van der Waals surface area (Å²) >= 11 is 0. The molecule has 1 heterocycles. The molecule has 0 saturated carbocycles. The van der Waals surface area contributed by atoms with Gasteiger partial charge in [0, 0.05) is 5.39 Å². The minimum absolute atomic E-state index is 0.00514. The molecule has 3 N–H and O–H groups in total. The van der Waals surface area contributed by atoms with Crippen molar-refractivity contribution < 1.29 is 9.21 Å². The number of amides is 1. The molecule has 0 fully saturated rings. The van der Waals surface area contributed by atoms with Crippen molar-refractivity contribution in [3.63, 3.8) is 0 Å². The Morgan fingerprint density at radius 1 is 1.37 bits per heavy atom. The van der Waals surface area contributed by atoms with E-state index in [1.807, 2.05) is 30.3 Å². The number of para-hydroxylation sites is 1. The van der Waals surface area contributed by atoms with E-state index in [0.29, 0.717) is 5.92 Å². The number of hydrogen-bond acceptors (Lipinski definition) is 3. The van der Waals surface area contributed by atoms with Gasteiger partial charge in [-0.2, -0.15) is 0 Å². The molecule has 2 rings (SSSR count). The van der Waals surface area contributed by atoms with Gasteiger partial charge in [0.05, 0.1) is 12.6 Å². The molecule has 0 spiro atoms. The molecule has 4 heteroatoms. The summed E-state index contributed by atoms with van der Waals surface area (Å²) in [4.78, 5) is 11.5. The maximum atomic E-state index is 11.5. The van der Waals surface area contributed by atoms with Gasteiger partial charge in [0.1, 0.15) is 11.3 Å². The normalized spacial score (nSPS) is 12.8. The van der Waals surface area contributed by atoms with Gasteiger partial charge < -0.3 is 15.5 Å². The van der Waals surface area contributed by atoms with Crippen LogP contribution in [0, 0.1) is 5.92 Å². The van der Waals surface area contributed by atoms with E-state index < -0.39 is 0 Å². The van der Waals surface area contributed by atoms with Gasteiger partial charge in [0.15, 0.2) is 0 Å². The molecular weight excluding hydrogens is 240 g/mol. The number of rotatable bonds is 5. The third-order valence-corrected chi connectivity index (χ3v) is 3.02. The van der Waals surface area contributed by atoms with Crippen molar-refractivity contribution in [3.05, 3.63) is 36.1 Å². The lowest BCUT2D eigenvalue weighted by Gasteiger charge is -2.18. The van der Waals surface area contributed by atoms with E-state index >= 15 is 0 Å². The number of benzene rings is 1. The van der Waals surface area contributed by atoms with Crippen LogP contribution in [0.25, 0.3) is 11.0 Å². The highest BCUT2D eigenvalue weighted by Gasteiger charge is 2.19. The van der Waals surface area contributed by atoms with Crippen LogP contribution < -0.4 is 11.1 Å². The molecule has 0 saturated heterocycles. The quantitative estimate of drug-likeness (QED) is 0.868. The lowest BCUT2D eigenvalue weighted by atomic mass is 10.0. The summed E-state index contributed by atoms with van der Waals surface area (Å²) in [5.41, 5.74) is 6.20. The minimum atomic E-state index is -0.161. The summed E-state index contributed by atoms with van der Waals surface area (Å²) in [6, 6.07) is 9.70. The molecule has 0 aliphatic carbocycles. The number of nitrogens with two attached hydrogens (primary N) is 1. The maximum Gasteiger partial charge on any atom is 0.234 e. The average molecular weight is 260 g/mol. The predicted octanol–water partition coefficient (Wildman–Crippen LogP) is 2.59. The van der Waals surface area contributed by atoms with Crippen molar-refractivity contribution in [2.24, 2.45) is 11.7 Å². The maximum absolute atomic E-state index is 11.5. The van der Waals surface area contributed by atoms with E-state index in [-0.39, 0.29) is 18.5 Å². The SMILES string of the molecule is CC(C)C[C@H](NC(=O)CN)c1cc2ccccc2o1. The molecule has 0 unspecified atom stereocenters. The molecule has 1 aromatic carbocycles. The van der Waals surface area contributed by atoms with Crippen LogP contribution in [0.2, 0.25) is 0 Å². The average Bonchev–Trinajstić information content (AvgIpc) is 2.80. The Bertz CT molecular complexity index is 527. The van der Waals surface area contributed by atoms with E-state index in [4.69, 9.17) is 10.2 Å². The third kappa shape index (κ3) is 3.35. The summed E-state index contributed by atoms with van der Waals surface area (Å²) in [7, 11) is 0. The first-order valence-corrected chi connectivity index (χ1v) is 6.58. The minimum Gasteiger partial charge on any atom is -0.459 e. The van der Waals surface area contributed by atoms with Crippen LogP contribution in [0.5, 0.6) is 0 Å². The number of fused-ring (bicyclic) bond motifs is 1. The number of carbonyl (C=O) groups excluding carboxylic acids is 1. The lowest BCUT2D eigenvalue weighted by Crippen LogP contribution is -2.34. The highest BCUT2D eigenvalue weighted by atomic mass is 16.3. The second-order valence-electron chi connectivity index (χ2n) is 5.14. The molecule has 1 atom stereocenters. The lowest BCUT2D eigenvalue weighted by molar-refractivity contribution is -0.120. The Morgan fingerprint density at radius 2 is 2.11 bits per heavy atom. The zero-order valence-corrected chi connectivity index (χ0v) is 11.3. The first kappa shape index (κ1) is 13.6. The number of carbonyl (C=O) groups is 1. The highest BCUT2D eigenvalue weighted by molar-refractivity contribution is 5.80. The zero-order valence-electron chi connectivity index (χ0n) is 11.3. The van der Waals surface area contributed by atoms with Crippen molar-refractivity contribution in [1.29, 1.82) is 0 Å². The van der Waals surface area contributed by atoms with Crippen molar-refractivity contribution in [2.45, 2.75) is 26.3 Å². The first-order valence-electron chi connectivity index (χ1n) is 6.58. The van der Waals surface area contributed by atoms with Gasteiger partial charge in [-0.1, -0.05) is 32.0 Å². The molecular formula is C15H20N2O2. The Balaban J connectivity index is 2.27. The fraction of sp³-hybridized carbons (Fsp3) is 0.400. The molecule has 102 valence electrons. The molecule has 19 heavy (non-hydrogen) atoms. The van der Waals surface area contributed by atoms with Crippen molar-refractivity contribution >= 4 is 16.9 Å². The highest BCUT2D eigenvalue weighted by Crippen LogP contribution is 2.27. The van der Waals surface area contributed by atoms with Crippen LogP contribution in [0.3, 0.4) is 0 Å². The van der Waals surface area contributed by atoms with Gasteiger partial charge in [-0.3, -0.25) is 4.79 Å². The van der Waals surface area contributed by atoms with Crippen LogP contribution in [0.15, 0.2) is 34.7 Å². The monoisotopic (exact) mass is 260 g/mol. The van der Waals surface area contributed by atoms with Crippen molar-refractivity contribution in [2.75, 3.05) is 6.54 Å². The summed E-state index contributed by atoms with van der Waals surface area (Å²) in [6.07, 6.45) is 0.825. The first-order chi connectivity index (χ1) is 9.10. The Labute approximate surface area is 113 Å². The standard InChI is InChI=1S/C15H20N2O2/c1-10(2)7-12(17-15(18)9-16)14-8-11-5-3-4-6-13(11)19-14/h3-6,8,10,12H,7,9,16H2,1-2H3,(H,17,18)/t12-/m0/s1. The summed E-state index contributed by atoms with van der Waals surface area (Å²) in [5.74, 6) is 1.08. The second kappa shape index (κ2) is 5.89. The van der Waals surface area contributed by atoms with Crippen molar-refractivity contribution in [3.8, 4) is 0 Å². The molecule has 2 aromatic rings. The predicted molar refractivity (Wildman–Crippen MR) is 75.6 cm³/mol. The van der Waals surface area contributed by atoms with Crippen LogP contribution in [0.1, 0.15) is 32.1 Å². The zero-order chi connectivity index (χ0) is 13.8. The topological polar surface area (TPSA) is 68.3 Å². The summed E-state index contributed by atoms with van der Waals surface area (Å²) < 4.78 is 5.82. The molecule has 0 aliphatic rings. The summed E-state index contributed by atoms with van der Waals surface area (Å²) in [5, 5.41) is 3.97. The summed E-state index contributed by atoms with van der Waals surface area (Å²) in [6.45, 7) is 4.23. The Hall–Kier alpha value is -1.81. The van der Waals surface area contributed by atoms with Crippen LogP contribution in [-0.4, -0.2) is 12.5 Å². The van der Waals surface area contributed by atoms with E-state index in [2.05, 4.69) is 19.2 Å². The smallest absolute Gasteiger partial charge is 0.234 e. The van der Waals surface area contributed by atoms with Gasteiger partial charge in [-0.05, 0) is 24.5 Å². The molecule has 0 bridgehead atoms. The van der Waals surface area contributed by atoms with Crippen molar-refractivity contribution in [1.82, 2.24) is 5.32 Å². The molecule has 1 amide bonds. The van der Waals surface area contributed by atoms with Crippen LogP contribution >= 0.6 is 0 Å². The molecule has 4 nitrogen and oxygen atoms in total. The van der Waals surface area contributed by atoms with Crippen LogP contribution in [-0.2, 0) is 4.79 Å². The second-order valence-corrected chi connectivity index (χ2v) is 5.14. The van der Waals surface area contributed by atoms with Crippen LogP contribution in [0.4, 0.5) is 0 Å². The number of hydrogen-bond donors (Lipinski definition) is 2. The third-order valence-electron chi connectivity index (χ3n) is 3.02. The van der Waals surface area contributed by atoms with E-state index in [9.17, 15) is 4.79 Å². The number of nitrogens with one attached hydrogen (secondary N) is 1.